The van der Waals surface area contributed by atoms with Gasteiger partial charge in [0.25, 0.3) is 5.91 Å². The van der Waals surface area contributed by atoms with Crippen molar-refractivity contribution < 1.29 is 9.53 Å². The van der Waals surface area contributed by atoms with Crippen LogP contribution in [0.2, 0.25) is 5.02 Å². The summed E-state index contributed by atoms with van der Waals surface area (Å²) >= 11 is 7.35. The number of halogens is 1. The summed E-state index contributed by atoms with van der Waals surface area (Å²) in [5.74, 6) is 0.728. The van der Waals surface area contributed by atoms with Crippen molar-refractivity contribution in [2.75, 3.05) is 14.2 Å². The van der Waals surface area contributed by atoms with Crippen LogP contribution in [0.5, 0.6) is 5.75 Å². The molecule has 4 nitrogen and oxygen atoms in total. The highest BCUT2D eigenvalue weighted by Crippen LogP contribution is 2.34. The minimum absolute atomic E-state index is 0.0685. The molecule has 0 radical (unpaired) electrons. The maximum absolute atomic E-state index is 12.5. The van der Waals surface area contributed by atoms with Gasteiger partial charge in [0.1, 0.15) is 5.75 Å². The van der Waals surface area contributed by atoms with Crippen LogP contribution in [0.4, 0.5) is 5.69 Å². The van der Waals surface area contributed by atoms with Crippen LogP contribution in [0.3, 0.4) is 0 Å². The third-order valence-electron chi connectivity index (χ3n) is 3.80. The molecule has 1 aliphatic heterocycles. The number of methoxy groups -OCH3 is 1. The highest BCUT2D eigenvalue weighted by atomic mass is 35.5. The minimum atomic E-state index is -0.0685. The first-order valence-electron chi connectivity index (χ1n) is 7.64. The van der Waals surface area contributed by atoms with E-state index in [1.165, 1.54) is 11.8 Å². The third-order valence-corrected chi connectivity index (χ3v) is 5.10. The van der Waals surface area contributed by atoms with E-state index in [0.29, 0.717) is 15.1 Å². The Morgan fingerprint density at radius 2 is 2.04 bits per heavy atom. The van der Waals surface area contributed by atoms with Crippen LogP contribution >= 0.6 is 23.4 Å². The van der Waals surface area contributed by atoms with Gasteiger partial charge in [0, 0.05) is 12.1 Å². The molecular weight excluding hydrogens is 356 g/mol. The molecule has 2 aromatic carbocycles. The number of amidine groups is 1. The summed E-state index contributed by atoms with van der Waals surface area (Å²) in [6.45, 7) is 1.99. The molecule has 128 valence electrons. The Hall–Kier alpha value is -2.24. The zero-order valence-corrected chi connectivity index (χ0v) is 15.7. The van der Waals surface area contributed by atoms with E-state index in [1.54, 1.807) is 31.2 Å². The van der Waals surface area contributed by atoms with Gasteiger partial charge in [-0.3, -0.25) is 9.69 Å². The van der Waals surface area contributed by atoms with Crippen LogP contribution in [0, 0.1) is 6.92 Å². The molecule has 0 bridgehead atoms. The molecule has 1 fully saturated rings. The van der Waals surface area contributed by atoms with Crippen molar-refractivity contribution in [3.63, 3.8) is 0 Å². The summed E-state index contributed by atoms with van der Waals surface area (Å²) in [5, 5.41) is 1.24. The summed E-state index contributed by atoms with van der Waals surface area (Å²) in [5.41, 5.74) is 2.74. The number of ether oxygens (including phenoxy) is 1. The van der Waals surface area contributed by atoms with Crippen LogP contribution in [-0.2, 0) is 4.79 Å². The summed E-state index contributed by atoms with van der Waals surface area (Å²) in [4.78, 5) is 19.2. The number of benzene rings is 2. The Morgan fingerprint density at radius 3 is 2.72 bits per heavy atom. The van der Waals surface area contributed by atoms with Crippen molar-refractivity contribution >= 4 is 46.2 Å². The first-order chi connectivity index (χ1) is 12.0. The van der Waals surface area contributed by atoms with Gasteiger partial charge in [0.05, 0.1) is 17.7 Å². The number of aliphatic imine (C=N–C) groups is 1. The molecule has 1 amide bonds. The van der Waals surface area contributed by atoms with Gasteiger partial charge in [0.2, 0.25) is 0 Å². The summed E-state index contributed by atoms with van der Waals surface area (Å²) < 4.78 is 5.22. The van der Waals surface area contributed by atoms with Crippen LogP contribution in [-0.4, -0.2) is 30.1 Å². The zero-order valence-electron chi connectivity index (χ0n) is 14.1. The Morgan fingerprint density at radius 1 is 1.24 bits per heavy atom. The molecule has 0 saturated carbocycles. The summed E-state index contributed by atoms with van der Waals surface area (Å²) in [6, 6.07) is 13.0. The number of rotatable bonds is 3. The van der Waals surface area contributed by atoms with E-state index in [0.717, 1.165) is 22.6 Å². The van der Waals surface area contributed by atoms with Gasteiger partial charge in [-0.2, -0.15) is 0 Å². The van der Waals surface area contributed by atoms with Gasteiger partial charge in [0.15, 0.2) is 5.17 Å². The van der Waals surface area contributed by atoms with Crippen molar-refractivity contribution in [3.05, 3.63) is 63.5 Å². The van der Waals surface area contributed by atoms with Crippen molar-refractivity contribution in [1.82, 2.24) is 4.90 Å². The van der Waals surface area contributed by atoms with E-state index < -0.39 is 0 Å². The molecule has 0 unspecified atom stereocenters. The lowest BCUT2D eigenvalue weighted by molar-refractivity contribution is -0.121. The van der Waals surface area contributed by atoms with Crippen LogP contribution in [0.25, 0.3) is 6.08 Å². The molecule has 1 aliphatic rings. The number of hydrogen-bond acceptors (Lipinski definition) is 4. The number of thioether (sulfide) groups is 1. The first kappa shape index (κ1) is 17.6. The molecule has 2 aromatic rings. The fraction of sp³-hybridized carbons (Fsp3) is 0.158. The van der Waals surface area contributed by atoms with E-state index in [4.69, 9.17) is 16.3 Å². The average molecular weight is 373 g/mol. The number of carbonyl (C=O) groups excluding carboxylic acids is 1. The average Bonchev–Trinajstić information content (AvgIpc) is 2.85. The molecule has 6 heteroatoms. The molecule has 25 heavy (non-hydrogen) atoms. The van der Waals surface area contributed by atoms with Crippen molar-refractivity contribution in [2.45, 2.75) is 6.92 Å². The van der Waals surface area contributed by atoms with Crippen LogP contribution in [0.1, 0.15) is 11.1 Å². The normalized spacial score (nSPS) is 17.6. The first-order valence-corrected chi connectivity index (χ1v) is 8.84. The monoisotopic (exact) mass is 372 g/mol. The molecule has 0 aliphatic carbocycles. The molecule has 3 rings (SSSR count). The second-order valence-electron chi connectivity index (χ2n) is 5.57. The lowest BCUT2D eigenvalue weighted by Crippen LogP contribution is -2.23. The SMILES string of the molecule is COc1ccc(/C=C2/SC(=Nc3cccc(Cl)c3)N(C)C2=O)c(C)c1. The molecule has 0 N–H and O–H groups in total. The van der Waals surface area contributed by atoms with Crippen LogP contribution in [0.15, 0.2) is 52.4 Å². The van der Waals surface area contributed by atoms with E-state index in [9.17, 15) is 4.79 Å². The summed E-state index contributed by atoms with van der Waals surface area (Å²) in [6.07, 6.45) is 1.89. The molecule has 0 spiro atoms. The fourth-order valence-electron chi connectivity index (χ4n) is 2.39. The highest BCUT2D eigenvalue weighted by Gasteiger charge is 2.30. The topological polar surface area (TPSA) is 41.9 Å². The van der Waals surface area contributed by atoms with Crippen molar-refractivity contribution in [2.24, 2.45) is 4.99 Å². The van der Waals surface area contributed by atoms with Gasteiger partial charge in [-0.15, -0.1) is 0 Å². The zero-order chi connectivity index (χ0) is 18.0. The second-order valence-corrected chi connectivity index (χ2v) is 7.02. The van der Waals surface area contributed by atoms with E-state index >= 15 is 0 Å². The molecule has 1 heterocycles. The highest BCUT2D eigenvalue weighted by molar-refractivity contribution is 8.18. The summed E-state index contributed by atoms with van der Waals surface area (Å²) in [7, 11) is 3.36. The molecule has 0 aromatic heterocycles. The van der Waals surface area contributed by atoms with Crippen molar-refractivity contribution in [3.8, 4) is 5.75 Å². The Labute approximate surface area is 156 Å². The van der Waals surface area contributed by atoms with Gasteiger partial charge in [-0.1, -0.05) is 23.7 Å². The maximum atomic E-state index is 12.5. The number of hydrogen-bond donors (Lipinski definition) is 0. The fourth-order valence-corrected chi connectivity index (χ4v) is 3.55. The molecule has 0 atom stereocenters. The van der Waals surface area contributed by atoms with Gasteiger partial charge in [-0.05, 0) is 66.2 Å². The number of nitrogens with zero attached hydrogens (tertiary/aromatic N) is 2. The quantitative estimate of drug-likeness (QED) is 0.720. The lowest BCUT2D eigenvalue weighted by Gasteiger charge is -2.07. The Balaban J connectivity index is 1.91. The molecule has 1 saturated heterocycles. The van der Waals surface area contributed by atoms with Crippen LogP contribution < -0.4 is 4.74 Å². The lowest BCUT2D eigenvalue weighted by atomic mass is 10.1. The Bertz CT molecular complexity index is 893. The second kappa shape index (κ2) is 7.33. The van der Waals surface area contributed by atoms with Gasteiger partial charge < -0.3 is 4.74 Å². The third kappa shape index (κ3) is 3.89. The standard InChI is InChI=1S/C19H17ClN2O2S/c1-12-9-16(24-3)8-7-13(12)10-17-18(23)22(2)19(25-17)21-15-6-4-5-14(20)11-15/h4-11H,1-3H3/b17-10+,21-19?. The van der Waals surface area contributed by atoms with Gasteiger partial charge >= 0.3 is 0 Å². The van der Waals surface area contributed by atoms with Crippen molar-refractivity contribution in [1.29, 1.82) is 0 Å². The predicted molar refractivity (Wildman–Crippen MR) is 105 cm³/mol. The molecular formula is C19H17ClN2O2S. The van der Waals surface area contributed by atoms with E-state index in [-0.39, 0.29) is 5.91 Å². The predicted octanol–water partition coefficient (Wildman–Crippen LogP) is 4.89. The minimum Gasteiger partial charge on any atom is -0.497 e. The van der Waals surface area contributed by atoms with E-state index in [2.05, 4.69) is 4.99 Å². The smallest absolute Gasteiger partial charge is 0.266 e. The maximum Gasteiger partial charge on any atom is 0.266 e. The largest absolute Gasteiger partial charge is 0.497 e. The number of aryl methyl sites for hydroxylation is 1. The number of amides is 1. The number of likely N-dealkylation sites (N-methyl/N-ethyl adjacent to an activating group) is 1. The Kier molecular flexibility index (Phi) is 5.16. The van der Waals surface area contributed by atoms with E-state index in [1.807, 2.05) is 43.3 Å². The number of carbonyl (C=O) groups is 1. The van der Waals surface area contributed by atoms with Gasteiger partial charge in [-0.25, -0.2) is 4.99 Å².